The molecule has 2 nitrogen and oxygen atoms in total. The summed E-state index contributed by atoms with van der Waals surface area (Å²) in [4.78, 5) is 4.09. The van der Waals surface area contributed by atoms with Crippen molar-refractivity contribution in [2.45, 2.75) is 6.42 Å². The lowest BCUT2D eigenvalue weighted by Crippen LogP contribution is -1.89. The molecule has 15 heavy (non-hydrogen) atoms. The van der Waals surface area contributed by atoms with Crippen molar-refractivity contribution in [3.05, 3.63) is 59.9 Å². The van der Waals surface area contributed by atoms with E-state index in [1.165, 1.54) is 11.1 Å². The number of pyridine rings is 1. The zero-order valence-electron chi connectivity index (χ0n) is 8.68. The molecule has 0 aliphatic heterocycles. The smallest absolute Gasteiger partial charge is 0.118 e. The number of benzene rings is 1. The fourth-order valence-corrected chi connectivity index (χ4v) is 1.48. The number of rotatable bonds is 3. The van der Waals surface area contributed by atoms with Gasteiger partial charge in [0.1, 0.15) is 5.75 Å². The molecule has 0 unspecified atom stereocenters. The molecule has 2 rings (SSSR count). The van der Waals surface area contributed by atoms with Crippen molar-refractivity contribution in [3.8, 4) is 5.75 Å². The first-order valence-electron chi connectivity index (χ1n) is 4.90. The quantitative estimate of drug-likeness (QED) is 0.758. The Hall–Kier alpha value is -1.83. The highest BCUT2D eigenvalue weighted by Crippen LogP contribution is 2.14. The highest BCUT2D eigenvalue weighted by atomic mass is 16.5. The van der Waals surface area contributed by atoms with Gasteiger partial charge in [0.05, 0.1) is 7.11 Å². The van der Waals surface area contributed by atoms with Gasteiger partial charge in [0, 0.05) is 12.4 Å². The van der Waals surface area contributed by atoms with Crippen LogP contribution in [0.15, 0.2) is 48.8 Å². The third-order valence-corrected chi connectivity index (χ3v) is 2.29. The van der Waals surface area contributed by atoms with Crippen LogP contribution < -0.4 is 4.74 Å². The minimum atomic E-state index is 0.893. The molecule has 76 valence electrons. The summed E-state index contributed by atoms with van der Waals surface area (Å²) in [6.45, 7) is 0. The van der Waals surface area contributed by atoms with Crippen LogP contribution >= 0.6 is 0 Å². The summed E-state index contributed by atoms with van der Waals surface area (Å²) in [5.74, 6) is 0.893. The fraction of sp³-hybridized carbons (Fsp3) is 0.154. The Morgan fingerprint density at radius 3 is 2.47 bits per heavy atom. The average Bonchev–Trinajstić information content (AvgIpc) is 2.31. The Balaban J connectivity index is 2.11. The normalized spacial score (nSPS) is 9.93. The monoisotopic (exact) mass is 199 g/mol. The van der Waals surface area contributed by atoms with E-state index in [1.54, 1.807) is 13.3 Å². The lowest BCUT2D eigenvalue weighted by Gasteiger charge is -2.03. The minimum absolute atomic E-state index is 0.893. The molecule has 1 aromatic carbocycles. The van der Waals surface area contributed by atoms with Crippen molar-refractivity contribution < 1.29 is 4.74 Å². The van der Waals surface area contributed by atoms with Gasteiger partial charge in [-0.3, -0.25) is 4.98 Å². The molecule has 0 amide bonds. The van der Waals surface area contributed by atoms with Crippen molar-refractivity contribution in [1.29, 1.82) is 0 Å². The lowest BCUT2D eigenvalue weighted by atomic mass is 10.1. The van der Waals surface area contributed by atoms with Crippen molar-refractivity contribution in [1.82, 2.24) is 4.98 Å². The van der Waals surface area contributed by atoms with E-state index < -0.39 is 0 Å². The van der Waals surface area contributed by atoms with Crippen molar-refractivity contribution in [3.63, 3.8) is 0 Å². The van der Waals surface area contributed by atoms with Crippen LogP contribution in [0.2, 0.25) is 0 Å². The van der Waals surface area contributed by atoms with E-state index in [1.807, 2.05) is 24.4 Å². The van der Waals surface area contributed by atoms with Gasteiger partial charge in [0.15, 0.2) is 0 Å². The maximum atomic E-state index is 5.11. The topological polar surface area (TPSA) is 22.1 Å². The molecular weight excluding hydrogens is 186 g/mol. The molecule has 1 aromatic heterocycles. The van der Waals surface area contributed by atoms with Crippen LogP contribution in [-0.4, -0.2) is 12.1 Å². The van der Waals surface area contributed by atoms with Crippen LogP contribution in [0.3, 0.4) is 0 Å². The van der Waals surface area contributed by atoms with E-state index >= 15 is 0 Å². The summed E-state index contributed by atoms with van der Waals surface area (Å²) < 4.78 is 5.11. The number of methoxy groups -OCH3 is 1. The van der Waals surface area contributed by atoms with Crippen LogP contribution in [0.5, 0.6) is 5.75 Å². The van der Waals surface area contributed by atoms with Crippen molar-refractivity contribution >= 4 is 0 Å². The molecule has 0 fully saturated rings. The van der Waals surface area contributed by atoms with Crippen LogP contribution in [0.25, 0.3) is 0 Å². The Morgan fingerprint density at radius 2 is 1.87 bits per heavy atom. The zero-order chi connectivity index (χ0) is 10.5. The number of nitrogens with zero attached hydrogens (tertiary/aromatic N) is 1. The molecule has 0 spiro atoms. The molecule has 0 saturated heterocycles. The molecule has 0 aliphatic carbocycles. The zero-order valence-corrected chi connectivity index (χ0v) is 8.68. The first-order chi connectivity index (χ1) is 7.38. The van der Waals surface area contributed by atoms with Gasteiger partial charge in [-0.05, 0) is 35.7 Å². The Labute approximate surface area is 89.6 Å². The number of ether oxygens (including phenoxy) is 1. The maximum absolute atomic E-state index is 5.11. The van der Waals surface area contributed by atoms with Crippen LogP contribution in [0.1, 0.15) is 11.1 Å². The predicted molar refractivity (Wildman–Crippen MR) is 60.0 cm³/mol. The molecule has 1 heterocycles. The molecule has 0 saturated carbocycles. The Bertz CT molecular complexity index is 408. The Kier molecular flexibility index (Phi) is 2.98. The van der Waals surface area contributed by atoms with Gasteiger partial charge < -0.3 is 4.74 Å². The predicted octanol–water partition coefficient (Wildman–Crippen LogP) is 2.68. The molecule has 2 aromatic rings. The summed E-state index contributed by atoms with van der Waals surface area (Å²) >= 11 is 0. The maximum Gasteiger partial charge on any atom is 0.118 e. The van der Waals surface area contributed by atoms with E-state index in [9.17, 15) is 0 Å². The Morgan fingerprint density at radius 1 is 1.07 bits per heavy atom. The summed E-state index contributed by atoms with van der Waals surface area (Å²) in [6.07, 6.45) is 4.60. The van der Waals surface area contributed by atoms with Gasteiger partial charge in [0.25, 0.3) is 0 Å². The first-order valence-corrected chi connectivity index (χ1v) is 4.90. The molecule has 0 N–H and O–H groups in total. The molecule has 0 atom stereocenters. The third-order valence-electron chi connectivity index (χ3n) is 2.29. The highest BCUT2D eigenvalue weighted by Gasteiger charge is 1.96. The molecule has 0 bridgehead atoms. The minimum Gasteiger partial charge on any atom is -0.497 e. The highest BCUT2D eigenvalue weighted by molar-refractivity contribution is 5.30. The van der Waals surface area contributed by atoms with E-state index in [4.69, 9.17) is 4.74 Å². The fourth-order valence-electron chi connectivity index (χ4n) is 1.48. The molecule has 0 aliphatic rings. The number of hydrogen-bond donors (Lipinski definition) is 0. The van der Waals surface area contributed by atoms with Crippen molar-refractivity contribution in [2.75, 3.05) is 7.11 Å². The van der Waals surface area contributed by atoms with Gasteiger partial charge in [0.2, 0.25) is 0 Å². The molecule has 2 heteroatoms. The van der Waals surface area contributed by atoms with Crippen LogP contribution in [-0.2, 0) is 6.42 Å². The summed E-state index contributed by atoms with van der Waals surface area (Å²) in [5, 5.41) is 0. The lowest BCUT2D eigenvalue weighted by molar-refractivity contribution is 0.414. The molecular formula is C13H13NO. The van der Waals surface area contributed by atoms with E-state index in [0.717, 1.165) is 12.2 Å². The number of aromatic nitrogens is 1. The van der Waals surface area contributed by atoms with Gasteiger partial charge in [-0.1, -0.05) is 18.2 Å². The molecule has 0 radical (unpaired) electrons. The SMILES string of the molecule is COc1ccc(Cc2cccnc2)cc1. The summed E-state index contributed by atoms with van der Waals surface area (Å²) in [6, 6.07) is 12.1. The average molecular weight is 199 g/mol. The second-order valence-electron chi connectivity index (χ2n) is 3.39. The van der Waals surface area contributed by atoms with Crippen molar-refractivity contribution in [2.24, 2.45) is 0 Å². The number of hydrogen-bond acceptors (Lipinski definition) is 2. The summed E-state index contributed by atoms with van der Waals surface area (Å²) in [7, 11) is 1.68. The van der Waals surface area contributed by atoms with Gasteiger partial charge in [-0.25, -0.2) is 0 Å². The summed E-state index contributed by atoms with van der Waals surface area (Å²) in [5.41, 5.74) is 2.49. The van der Waals surface area contributed by atoms with Gasteiger partial charge >= 0.3 is 0 Å². The van der Waals surface area contributed by atoms with E-state index in [-0.39, 0.29) is 0 Å². The second-order valence-corrected chi connectivity index (χ2v) is 3.39. The largest absolute Gasteiger partial charge is 0.497 e. The second kappa shape index (κ2) is 4.60. The van der Waals surface area contributed by atoms with Crippen LogP contribution in [0.4, 0.5) is 0 Å². The van der Waals surface area contributed by atoms with E-state index in [2.05, 4.69) is 23.2 Å². The standard InChI is InChI=1S/C13H13NO/c1-15-13-6-4-11(5-7-13)9-12-3-2-8-14-10-12/h2-8,10H,9H2,1H3. The van der Waals surface area contributed by atoms with E-state index in [0.29, 0.717) is 0 Å². The first kappa shape index (κ1) is 9.71. The van der Waals surface area contributed by atoms with Gasteiger partial charge in [-0.2, -0.15) is 0 Å². The van der Waals surface area contributed by atoms with Gasteiger partial charge in [-0.15, -0.1) is 0 Å². The third kappa shape index (κ3) is 2.56. The van der Waals surface area contributed by atoms with Crippen LogP contribution in [0, 0.1) is 0 Å².